The summed E-state index contributed by atoms with van der Waals surface area (Å²) in [6.45, 7) is 1.43. The molecular formula is C10H9Cl3F2. The van der Waals surface area contributed by atoms with Crippen LogP contribution in [0.25, 0.3) is 0 Å². The molecule has 0 N–H and O–H groups in total. The summed E-state index contributed by atoms with van der Waals surface area (Å²) in [4.78, 5) is 0. The molecule has 0 fully saturated rings. The van der Waals surface area contributed by atoms with E-state index in [0.29, 0.717) is 5.56 Å². The highest BCUT2D eigenvalue weighted by molar-refractivity contribution is 6.48. The Labute approximate surface area is 102 Å². The van der Waals surface area contributed by atoms with E-state index in [-0.39, 0.29) is 27.9 Å². The summed E-state index contributed by atoms with van der Waals surface area (Å²) in [6, 6.07) is 2.83. The Kier molecular flexibility index (Phi) is 4.21. The fourth-order valence-electron chi connectivity index (χ4n) is 1.13. The standard InChI is InChI=1S/C10H9Cl3F2/c1-2-10(14,15)5-6-3-7(11)9(13)8(12)4-6/h3-4H,2,5H2,1H3. The zero-order valence-electron chi connectivity index (χ0n) is 7.96. The fourth-order valence-corrected chi connectivity index (χ4v) is 1.78. The Bertz CT molecular complexity index is 341. The molecule has 0 heterocycles. The lowest BCUT2D eigenvalue weighted by molar-refractivity contribution is -0.00218. The Morgan fingerprint density at radius 1 is 1.13 bits per heavy atom. The van der Waals surface area contributed by atoms with Crippen molar-refractivity contribution in [3.8, 4) is 0 Å². The molecule has 0 amide bonds. The predicted molar refractivity (Wildman–Crippen MR) is 60.4 cm³/mol. The number of alkyl halides is 2. The van der Waals surface area contributed by atoms with E-state index in [2.05, 4.69) is 0 Å². The van der Waals surface area contributed by atoms with Gasteiger partial charge in [0.25, 0.3) is 5.92 Å². The number of rotatable bonds is 3. The number of benzene rings is 1. The summed E-state index contributed by atoms with van der Waals surface area (Å²) < 4.78 is 26.2. The van der Waals surface area contributed by atoms with Crippen LogP contribution in [-0.2, 0) is 6.42 Å². The lowest BCUT2D eigenvalue weighted by Crippen LogP contribution is -2.17. The Morgan fingerprint density at radius 3 is 2.00 bits per heavy atom. The third-order valence-corrected chi connectivity index (χ3v) is 3.22. The van der Waals surface area contributed by atoms with Crippen LogP contribution < -0.4 is 0 Å². The maximum absolute atomic E-state index is 13.1. The number of halogens is 5. The molecule has 0 nitrogen and oxygen atoms in total. The van der Waals surface area contributed by atoms with Crippen LogP contribution in [0.2, 0.25) is 15.1 Å². The van der Waals surface area contributed by atoms with Crippen LogP contribution in [0.15, 0.2) is 12.1 Å². The highest BCUT2D eigenvalue weighted by Gasteiger charge is 2.26. The van der Waals surface area contributed by atoms with Crippen LogP contribution in [0, 0.1) is 0 Å². The van der Waals surface area contributed by atoms with Crippen LogP contribution in [0.3, 0.4) is 0 Å². The lowest BCUT2D eigenvalue weighted by atomic mass is 10.1. The minimum Gasteiger partial charge on any atom is -0.207 e. The largest absolute Gasteiger partial charge is 0.251 e. The van der Waals surface area contributed by atoms with E-state index in [4.69, 9.17) is 34.8 Å². The average Bonchev–Trinajstić information content (AvgIpc) is 2.13. The SMILES string of the molecule is CCC(F)(F)Cc1cc(Cl)c(Cl)c(Cl)c1. The van der Waals surface area contributed by atoms with Gasteiger partial charge in [0.1, 0.15) is 0 Å². The summed E-state index contributed by atoms with van der Waals surface area (Å²) in [7, 11) is 0. The molecule has 0 aliphatic rings. The molecule has 1 aromatic rings. The highest BCUT2D eigenvalue weighted by Crippen LogP contribution is 2.33. The van der Waals surface area contributed by atoms with Crippen molar-refractivity contribution in [1.82, 2.24) is 0 Å². The van der Waals surface area contributed by atoms with Crippen molar-refractivity contribution in [3.05, 3.63) is 32.8 Å². The van der Waals surface area contributed by atoms with E-state index in [1.54, 1.807) is 0 Å². The van der Waals surface area contributed by atoms with E-state index in [9.17, 15) is 8.78 Å². The van der Waals surface area contributed by atoms with E-state index < -0.39 is 5.92 Å². The fraction of sp³-hybridized carbons (Fsp3) is 0.400. The summed E-state index contributed by atoms with van der Waals surface area (Å²) >= 11 is 17.2. The molecule has 0 saturated heterocycles. The molecule has 0 unspecified atom stereocenters. The van der Waals surface area contributed by atoms with Crippen LogP contribution in [0.4, 0.5) is 8.78 Å². The third-order valence-electron chi connectivity index (χ3n) is 2.02. The highest BCUT2D eigenvalue weighted by atomic mass is 35.5. The Hall–Kier alpha value is -0.0500. The van der Waals surface area contributed by atoms with Crippen molar-refractivity contribution in [2.75, 3.05) is 0 Å². The van der Waals surface area contributed by atoms with Gasteiger partial charge >= 0.3 is 0 Å². The van der Waals surface area contributed by atoms with Crippen LogP contribution in [0.5, 0.6) is 0 Å². The second kappa shape index (κ2) is 4.86. The predicted octanol–water partition coefficient (Wildman–Crippen LogP) is 5.23. The topological polar surface area (TPSA) is 0 Å². The normalized spacial score (nSPS) is 11.9. The molecule has 1 aromatic carbocycles. The van der Waals surface area contributed by atoms with Gasteiger partial charge in [-0.15, -0.1) is 0 Å². The van der Waals surface area contributed by atoms with Gasteiger partial charge in [-0.2, -0.15) is 0 Å². The zero-order valence-corrected chi connectivity index (χ0v) is 10.2. The zero-order chi connectivity index (χ0) is 11.6. The van der Waals surface area contributed by atoms with Gasteiger partial charge in [0, 0.05) is 12.8 Å². The van der Waals surface area contributed by atoms with Crippen molar-refractivity contribution in [3.63, 3.8) is 0 Å². The van der Waals surface area contributed by atoms with Gasteiger partial charge in [0.2, 0.25) is 0 Å². The van der Waals surface area contributed by atoms with Gasteiger partial charge < -0.3 is 0 Å². The number of hydrogen-bond donors (Lipinski definition) is 0. The molecule has 0 aliphatic carbocycles. The van der Waals surface area contributed by atoms with Crippen molar-refractivity contribution < 1.29 is 8.78 Å². The minimum atomic E-state index is -2.74. The summed E-state index contributed by atoms with van der Waals surface area (Å²) in [5.74, 6) is -2.74. The molecule has 1 rings (SSSR count). The first kappa shape index (κ1) is 13.0. The molecule has 15 heavy (non-hydrogen) atoms. The first-order valence-electron chi connectivity index (χ1n) is 4.37. The van der Waals surface area contributed by atoms with Gasteiger partial charge in [0.05, 0.1) is 15.1 Å². The molecule has 0 saturated carbocycles. The van der Waals surface area contributed by atoms with E-state index in [0.717, 1.165) is 0 Å². The Morgan fingerprint density at radius 2 is 1.60 bits per heavy atom. The van der Waals surface area contributed by atoms with Gasteiger partial charge in [-0.05, 0) is 17.7 Å². The lowest BCUT2D eigenvalue weighted by Gasteiger charge is -2.14. The van der Waals surface area contributed by atoms with Gasteiger partial charge in [0.15, 0.2) is 0 Å². The quantitative estimate of drug-likeness (QED) is 0.661. The van der Waals surface area contributed by atoms with Crippen LogP contribution >= 0.6 is 34.8 Å². The van der Waals surface area contributed by atoms with Crippen molar-refractivity contribution in [2.24, 2.45) is 0 Å². The summed E-state index contributed by atoms with van der Waals surface area (Å²) in [5.41, 5.74) is 0.390. The van der Waals surface area contributed by atoms with E-state index >= 15 is 0 Å². The van der Waals surface area contributed by atoms with Gasteiger partial charge in [-0.1, -0.05) is 41.7 Å². The molecule has 0 atom stereocenters. The Balaban J connectivity index is 2.98. The molecule has 0 aliphatic heterocycles. The van der Waals surface area contributed by atoms with E-state index in [1.807, 2.05) is 0 Å². The molecule has 0 spiro atoms. The summed E-state index contributed by atoms with van der Waals surface area (Å²) in [6.07, 6.45) is -0.592. The van der Waals surface area contributed by atoms with Gasteiger partial charge in [-0.3, -0.25) is 0 Å². The minimum absolute atomic E-state index is 0.196. The molecule has 84 valence electrons. The molecular weight excluding hydrogens is 264 g/mol. The molecule has 0 bridgehead atoms. The summed E-state index contributed by atoms with van der Waals surface area (Å²) in [5, 5.41) is 0.596. The second-order valence-electron chi connectivity index (χ2n) is 3.26. The van der Waals surface area contributed by atoms with Crippen molar-refractivity contribution >= 4 is 34.8 Å². The molecule has 0 radical (unpaired) electrons. The smallest absolute Gasteiger partial charge is 0.207 e. The number of hydrogen-bond acceptors (Lipinski definition) is 0. The molecule has 5 heteroatoms. The van der Waals surface area contributed by atoms with E-state index in [1.165, 1.54) is 19.1 Å². The third kappa shape index (κ3) is 3.47. The maximum Gasteiger partial charge on any atom is 0.251 e. The average molecular weight is 274 g/mol. The molecule has 0 aromatic heterocycles. The van der Waals surface area contributed by atoms with Crippen molar-refractivity contribution in [2.45, 2.75) is 25.7 Å². The maximum atomic E-state index is 13.1. The van der Waals surface area contributed by atoms with Crippen molar-refractivity contribution in [1.29, 1.82) is 0 Å². The second-order valence-corrected chi connectivity index (χ2v) is 4.45. The van der Waals surface area contributed by atoms with Crippen LogP contribution in [0.1, 0.15) is 18.9 Å². The first-order chi connectivity index (χ1) is 6.85. The van der Waals surface area contributed by atoms with Crippen LogP contribution in [-0.4, -0.2) is 5.92 Å². The first-order valence-corrected chi connectivity index (χ1v) is 5.50. The monoisotopic (exact) mass is 272 g/mol. The van der Waals surface area contributed by atoms with Gasteiger partial charge in [-0.25, -0.2) is 8.78 Å².